The molecule has 0 spiro atoms. The highest BCUT2D eigenvalue weighted by molar-refractivity contribution is 5.94. The van der Waals surface area contributed by atoms with Crippen molar-refractivity contribution >= 4 is 28.5 Å². The van der Waals surface area contributed by atoms with Crippen molar-refractivity contribution in [1.29, 1.82) is 0 Å². The number of benzene rings is 2. The number of imidazole rings is 1. The van der Waals surface area contributed by atoms with Crippen molar-refractivity contribution in [3.05, 3.63) is 48.5 Å². The number of anilines is 1. The van der Waals surface area contributed by atoms with Crippen molar-refractivity contribution in [1.82, 2.24) is 14.9 Å². The monoisotopic (exact) mass is 348 g/mol. The van der Waals surface area contributed by atoms with Crippen LogP contribution in [0.2, 0.25) is 0 Å². The minimum atomic E-state index is -0.159. The molecule has 6 heteroatoms. The number of rotatable bonds is 3. The molecule has 6 nitrogen and oxygen atoms in total. The highest BCUT2D eigenvalue weighted by atomic mass is 16.2. The normalized spacial score (nSPS) is 16.8. The van der Waals surface area contributed by atoms with Crippen molar-refractivity contribution in [2.45, 2.75) is 13.3 Å². The minimum Gasteiger partial charge on any atom is -0.342 e. The molecule has 0 bridgehead atoms. The summed E-state index contributed by atoms with van der Waals surface area (Å²) in [5.74, 6) is 0.586. The van der Waals surface area contributed by atoms with E-state index in [9.17, 15) is 9.59 Å². The average Bonchev–Trinajstić information content (AvgIpc) is 3.29. The van der Waals surface area contributed by atoms with Gasteiger partial charge in [0.1, 0.15) is 5.82 Å². The molecule has 132 valence electrons. The molecule has 2 N–H and O–H groups in total. The van der Waals surface area contributed by atoms with Crippen LogP contribution in [0.15, 0.2) is 48.5 Å². The largest absolute Gasteiger partial charge is 0.342 e. The quantitative estimate of drug-likeness (QED) is 0.764. The molecular weight excluding hydrogens is 328 g/mol. The van der Waals surface area contributed by atoms with Gasteiger partial charge in [-0.2, -0.15) is 0 Å². The maximum absolute atomic E-state index is 12.5. The van der Waals surface area contributed by atoms with Gasteiger partial charge in [-0.25, -0.2) is 4.98 Å². The van der Waals surface area contributed by atoms with Gasteiger partial charge in [0.2, 0.25) is 11.8 Å². The lowest BCUT2D eigenvalue weighted by Crippen LogP contribution is -2.29. The first-order valence-corrected chi connectivity index (χ1v) is 8.72. The Kier molecular flexibility index (Phi) is 4.16. The fourth-order valence-corrected chi connectivity index (χ4v) is 3.34. The minimum absolute atomic E-state index is 0.0205. The van der Waals surface area contributed by atoms with Crippen LogP contribution in [0.25, 0.3) is 22.4 Å². The topological polar surface area (TPSA) is 78.1 Å². The van der Waals surface area contributed by atoms with E-state index in [1.165, 1.54) is 6.92 Å². The summed E-state index contributed by atoms with van der Waals surface area (Å²) in [6, 6.07) is 15.5. The zero-order valence-electron chi connectivity index (χ0n) is 14.5. The molecule has 0 aliphatic carbocycles. The average molecular weight is 348 g/mol. The molecule has 2 heterocycles. The third-order valence-electron chi connectivity index (χ3n) is 4.80. The second-order valence-corrected chi connectivity index (χ2v) is 6.62. The van der Waals surface area contributed by atoms with Crippen LogP contribution in [0.5, 0.6) is 0 Å². The number of H-pyrrole nitrogens is 1. The third-order valence-corrected chi connectivity index (χ3v) is 4.80. The van der Waals surface area contributed by atoms with E-state index in [4.69, 9.17) is 0 Å². The lowest BCUT2D eigenvalue weighted by Gasteiger charge is -2.14. The van der Waals surface area contributed by atoms with E-state index in [-0.39, 0.29) is 17.7 Å². The standard InChI is InChI=1S/C20H20N4O2/c1-13(25)24-10-9-15(12-24)20(26)21-16-6-4-5-14(11-16)19-22-17-7-2-3-8-18(17)23-19/h2-8,11,15H,9-10,12H2,1H3,(H,21,26)(H,22,23). The fourth-order valence-electron chi connectivity index (χ4n) is 3.34. The Morgan fingerprint density at radius 2 is 2.04 bits per heavy atom. The predicted octanol–water partition coefficient (Wildman–Crippen LogP) is 3.04. The summed E-state index contributed by atoms with van der Waals surface area (Å²) < 4.78 is 0. The van der Waals surface area contributed by atoms with E-state index in [0.717, 1.165) is 28.1 Å². The van der Waals surface area contributed by atoms with Crippen LogP contribution >= 0.6 is 0 Å². The molecule has 1 aliphatic rings. The van der Waals surface area contributed by atoms with Crippen LogP contribution in [-0.2, 0) is 9.59 Å². The number of para-hydroxylation sites is 2. The summed E-state index contributed by atoms with van der Waals surface area (Å²) in [4.78, 5) is 33.5. The maximum atomic E-state index is 12.5. The van der Waals surface area contributed by atoms with Crippen LogP contribution in [0, 0.1) is 5.92 Å². The van der Waals surface area contributed by atoms with Crippen LogP contribution in [-0.4, -0.2) is 39.8 Å². The van der Waals surface area contributed by atoms with Gasteiger partial charge < -0.3 is 15.2 Å². The summed E-state index contributed by atoms with van der Waals surface area (Å²) in [5, 5.41) is 2.97. The van der Waals surface area contributed by atoms with Gasteiger partial charge in [-0.3, -0.25) is 9.59 Å². The Labute approximate surface area is 151 Å². The molecule has 3 aromatic rings. The zero-order chi connectivity index (χ0) is 18.1. The summed E-state index contributed by atoms with van der Waals surface area (Å²) in [5.41, 5.74) is 3.53. The lowest BCUT2D eigenvalue weighted by atomic mass is 10.1. The SMILES string of the molecule is CC(=O)N1CCC(C(=O)Nc2cccc(-c3nc4ccccc4[nH]3)c2)C1. The highest BCUT2D eigenvalue weighted by Crippen LogP contribution is 2.24. The summed E-state index contributed by atoms with van der Waals surface area (Å²) in [7, 11) is 0. The molecule has 1 saturated heterocycles. The third kappa shape index (κ3) is 3.18. The number of nitrogens with zero attached hydrogens (tertiary/aromatic N) is 2. The van der Waals surface area contributed by atoms with Gasteiger partial charge in [0.15, 0.2) is 0 Å². The Hall–Kier alpha value is -3.15. The van der Waals surface area contributed by atoms with Gasteiger partial charge in [0.25, 0.3) is 0 Å². The van der Waals surface area contributed by atoms with Crippen LogP contribution in [0.3, 0.4) is 0 Å². The van der Waals surface area contributed by atoms with Gasteiger partial charge in [-0.15, -0.1) is 0 Å². The van der Waals surface area contributed by atoms with Gasteiger partial charge in [-0.1, -0.05) is 24.3 Å². The van der Waals surface area contributed by atoms with E-state index in [0.29, 0.717) is 19.5 Å². The molecule has 0 radical (unpaired) electrons. The van der Waals surface area contributed by atoms with Crippen LogP contribution in [0.4, 0.5) is 5.69 Å². The molecule has 1 aromatic heterocycles. The second-order valence-electron chi connectivity index (χ2n) is 6.62. The summed E-state index contributed by atoms with van der Waals surface area (Å²) >= 11 is 0. The highest BCUT2D eigenvalue weighted by Gasteiger charge is 2.29. The first-order chi connectivity index (χ1) is 12.6. The molecule has 0 saturated carbocycles. The Morgan fingerprint density at radius 3 is 2.81 bits per heavy atom. The second kappa shape index (κ2) is 6.63. The molecule has 2 amide bonds. The molecule has 1 atom stereocenters. The molecular formula is C20H20N4O2. The molecule has 1 unspecified atom stereocenters. The van der Waals surface area contributed by atoms with E-state index >= 15 is 0 Å². The Morgan fingerprint density at radius 1 is 1.19 bits per heavy atom. The zero-order valence-corrected chi connectivity index (χ0v) is 14.5. The number of likely N-dealkylation sites (tertiary alicyclic amines) is 1. The molecule has 1 fully saturated rings. The number of aromatic amines is 1. The van der Waals surface area contributed by atoms with Gasteiger partial charge in [0.05, 0.1) is 17.0 Å². The van der Waals surface area contributed by atoms with Gasteiger partial charge in [-0.05, 0) is 30.7 Å². The first kappa shape index (κ1) is 16.3. The molecule has 2 aromatic carbocycles. The van der Waals surface area contributed by atoms with E-state index in [2.05, 4.69) is 15.3 Å². The number of amides is 2. The first-order valence-electron chi connectivity index (χ1n) is 8.72. The van der Waals surface area contributed by atoms with Crippen molar-refractivity contribution in [3.8, 4) is 11.4 Å². The maximum Gasteiger partial charge on any atom is 0.229 e. The van der Waals surface area contributed by atoms with Gasteiger partial charge in [0, 0.05) is 31.3 Å². The van der Waals surface area contributed by atoms with Crippen molar-refractivity contribution in [3.63, 3.8) is 0 Å². The number of aromatic nitrogens is 2. The lowest BCUT2D eigenvalue weighted by molar-refractivity contribution is -0.128. The number of fused-ring (bicyclic) bond motifs is 1. The van der Waals surface area contributed by atoms with Gasteiger partial charge >= 0.3 is 0 Å². The van der Waals surface area contributed by atoms with Crippen molar-refractivity contribution < 1.29 is 9.59 Å². The van der Waals surface area contributed by atoms with E-state index in [1.54, 1.807) is 4.90 Å². The summed E-state index contributed by atoms with van der Waals surface area (Å²) in [6.45, 7) is 2.67. The number of hydrogen-bond donors (Lipinski definition) is 2. The van der Waals surface area contributed by atoms with Crippen molar-refractivity contribution in [2.24, 2.45) is 5.92 Å². The number of carbonyl (C=O) groups excluding carboxylic acids is 2. The van der Waals surface area contributed by atoms with Crippen LogP contribution in [0.1, 0.15) is 13.3 Å². The molecule has 1 aliphatic heterocycles. The number of carbonyl (C=O) groups is 2. The smallest absolute Gasteiger partial charge is 0.229 e. The number of hydrogen-bond acceptors (Lipinski definition) is 3. The Bertz CT molecular complexity index is 946. The van der Waals surface area contributed by atoms with E-state index < -0.39 is 0 Å². The molecule has 4 rings (SSSR count). The van der Waals surface area contributed by atoms with E-state index in [1.807, 2.05) is 48.5 Å². The predicted molar refractivity (Wildman–Crippen MR) is 101 cm³/mol. The fraction of sp³-hybridized carbons (Fsp3) is 0.250. The van der Waals surface area contributed by atoms with Crippen molar-refractivity contribution in [2.75, 3.05) is 18.4 Å². The summed E-state index contributed by atoms with van der Waals surface area (Å²) in [6.07, 6.45) is 0.703. The molecule has 26 heavy (non-hydrogen) atoms. The Balaban J connectivity index is 1.51. The van der Waals surface area contributed by atoms with Crippen LogP contribution < -0.4 is 5.32 Å². The number of nitrogens with one attached hydrogen (secondary N) is 2.